The first-order valence-electron chi connectivity index (χ1n) is 22.8. The first kappa shape index (κ1) is 41.5. The summed E-state index contributed by atoms with van der Waals surface area (Å²) in [4.78, 5) is 0. The van der Waals surface area contributed by atoms with Crippen LogP contribution in [0.3, 0.4) is 0 Å². The van der Waals surface area contributed by atoms with E-state index in [1.165, 1.54) is 122 Å². The molecule has 310 valence electrons. The van der Waals surface area contributed by atoms with Gasteiger partial charge in [0.15, 0.2) is 11.2 Å². The van der Waals surface area contributed by atoms with Crippen molar-refractivity contribution in [3.05, 3.63) is 93.0 Å². The molecule has 1 atom stereocenters. The van der Waals surface area contributed by atoms with Gasteiger partial charge in [-0.05, 0) is 161 Å². The third kappa shape index (κ3) is 7.89. The van der Waals surface area contributed by atoms with Gasteiger partial charge in [-0.15, -0.1) is 0 Å². The van der Waals surface area contributed by atoms with Gasteiger partial charge in [-0.25, -0.2) is 4.67 Å². The highest BCUT2D eigenvalue weighted by Gasteiger charge is 2.31. The van der Waals surface area contributed by atoms with Crippen LogP contribution in [0.4, 0.5) is 0 Å². The lowest BCUT2D eigenvalue weighted by molar-refractivity contribution is 0.486. The first-order chi connectivity index (χ1) is 27.2. The van der Waals surface area contributed by atoms with Gasteiger partial charge < -0.3 is 8.39 Å². The van der Waals surface area contributed by atoms with Crippen molar-refractivity contribution in [1.82, 2.24) is 0 Å². The summed E-state index contributed by atoms with van der Waals surface area (Å²) in [6.07, 6.45) is 12.9. The molecule has 2 aliphatic carbocycles. The summed E-state index contributed by atoms with van der Waals surface area (Å²) in [5.74, 6) is 0. The highest BCUT2D eigenvalue weighted by Crippen LogP contribution is 2.51. The van der Waals surface area contributed by atoms with Gasteiger partial charge in [-0.1, -0.05) is 126 Å². The number of rotatable bonds is 3. The second-order valence-electron chi connectivity index (χ2n) is 22.5. The molecule has 1 aliphatic heterocycles. The fraction of sp³-hybridized carbons (Fsp3) is 0.556. The average molecular weight is 798 g/mol. The Labute approximate surface area is 352 Å². The highest BCUT2D eigenvalue weighted by molar-refractivity contribution is 7.39. The maximum Gasteiger partial charge on any atom is 0.309 e. The molecule has 1 saturated heterocycles. The zero-order valence-electron chi connectivity index (χ0n) is 38.4. The van der Waals surface area contributed by atoms with Crippen molar-refractivity contribution in [3.8, 4) is 22.3 Å². The fourth-order valence-electron chi connectivity index (χ4n) is 9.82. The standard InChI is InChI=1S/C54H72NO2P/c1-34-20-18-19-25-55(34)58-56-49-45(37-26-39(51(2,3)4)32-40(27-37)52(5,6)7)30-35-21-14-16-23-43(35)47(49)48-44-24-17-15-22-36(44)31-46(50(48)57-58)38-28-41(53(8,9)10)33-42(29-38)54(11,12)13/h26-34H,14-25H2,1-13H3/t34-/m1/s1. The SMILES string of the molecule is C[C@@H]1CCCCN1p1oc2c(-c3cc(C(C)(C)C)cc(C(C)(C)C)c3)cc3c(c2c2c4c(cc(-c5cc(C(C)(C)C)cc(C(C)(C)C)c5)c2o1)CCCC4)CCCC3. The number of hydrogen-bond donors (Lipinski definition) is 0. The molecule has 1 fully saturated rings. The first-order valence-corrected chi connectivity index (χ1v) is 23.9. The van der Waals surface area contributed by atoms with Gasteiger partial charge in [0.25, 0.3) is 0 Å². The van der Waals surface area contributed by atoms with Gasteiger partial charge in [-0.3, -0.25) is 0 Å². The van der Waals surface area contributed by atoms with Crippen LogP contribution in [0.1, 0.15) is 179 Å². The number of hydrogen-bond acceptors (Lipinski definition) is 3. The number of benzene rings is 4. The number of piperidine rings is 1. The third-order valence-corrected chi connectivity index (χ3v) is 15.4. The highest BCUT2D eigenvalue weighted by atomic mass is 31.1. The Hall–Kier alpha value is -3.26. The minimum Gasteiger partial charge on any atom is -0.407 e. The number of nitrogens with zero attached hydrogens (tertiary/aromatic N) is 1. The smallest absolute Gasteiger partial charge is 0.309 e. The minimum atomic E-state index is -1.46. The van der Waals surface area contributed by atoms with E-state index in [1.807, 2.05) is 0 Å². The van der Waals surface area contributed by atoms with Crippen LogP contribution in [0.25, 0.3) is 44.2 Å². The van der Waals surface area contributed by atoms with E-state index in [-0.39, 0.29) is 21.7 Å². The largest absolute Gasteiger partial charge is 0.407 e. The lowest BCUT2D eigenvalue weighted by Gasteiger charge is -2.30. The monoisotopic (exact) mass is 798 g/mol. The van der Waals surface area contributed by atoms with E-state index >= 15 is 0 Å². The molecule has 0 unspecified atom stereocenters. The average Bonchev–Trinajstić information content (AvgIpc) is 3.34. The summed E-state index contributed by atoms with van der Waals surface area (Å²) in [6, 6.07) is 20.4. The molecule has 0 saturated carbocycles. The molecule has 5 aromatic rings. The van der Waals surface area contributed by atoms with Gasteiger partial charge >= 0.3 is 8.16 Å². The molecule has 0 amide bonds. The van der Waals surface area contributed by atoms with Crippen LogP contribution in [-0.2, 0) is 47.3 Å². The van der Waals surface area contributed by atoms with Crippen LogP contribution in [-0.4, -0.2) is 12.6 Å². The zero-order valence-corrected chi connectivity index (χ0v) is 39.3. The normalized spacial score (nSPS) is 18.4. The van der Waals surface area contributed by atoms with Crippen LogP contribution in [0.15, 0.2) is 56.9 Å². The Morgan fingerprint density at radius 3 is 1.22 bits per heavy atom. The lowest BCUT2D eigenvalue weighted by atomic mass is 9.77. The van der Waals surface area contributed by atoms with E-state index in [1.54, 1.807) is 0 Å². The van der Waals surface area contributed by atoms with Gasteiger partial charge in [0.1, 0.15) is 0 Å². The van der Waals surface area contributed by atoms with Crippen LogP contribution in [0.2, 0.25) is 0 Å². The molecule has 3 nitrogen and oxygen atoms in total. The molecule has 8 rings (SSSR count). The van der Waals surface area contributed by atoms with Crippen molar-refractivity contribution in [3.63, 3.8) is 0 Å². The van der Waals surface area contributed by atoms with Crippen molar-refractivity contribution in [2.75, 3.05) is 11.2 Å². The van der Waals surface area contributed by atoms with Gasteiger partial charge in [0.05, 0.1) is 0 Å². The van der Waals surface area contributed by atoms with Gasteiger partial charge in [0, 0.05) is 34.5 Å². The van der Waals surface area contributed by atoms with Crippen LogP contribution in [0.5, 0.6) is 0 Å². The molecule has 4 aromatic carbocycles. The van der Waals surface area contributed by atoms with E-state index < -0.39 is 8.16 Å². The number of aryl methyl sites for hydroxylation is 4. The predicted molar refractivity (Wildman–Crippen MR) is 252 cm³/mol. The zero-order chi connectivity index (χ0) is 41.5. The van der Waals surface area contributed by atoms with E-state index in [9.17, 15) is 0 Å². The van der Waals surface area contributed by atoms with Crippen molar-refractivity contribution >= 4 is 30.1 Å². The molecule has 3 aliphatic rings. The minimum absolute atomic E-state index is 0.00899. The maximum absolute atomic E-state index is 7.76. The Morgan fingerprint density at radius 1 is 0.483 bits per heavy atom. The lowest BCUT2D eigenvalue weighted by Crippen LogP contribution is -2.34. The summed E-state index contributed by atoms with van der Waals surface area (Å²) >= 11 is 0. The summed E-state index contributed by atoms with van der Waals surface area (Å²) < 4.78 is 18.1. The molecule has 2 heterocycles. The van der Waals surface area contributed by atoms with E-state index in [2.05, 4.69) is 143 Å². The molecule has 1 aromatic heterocycles. The summed E-state index contributed by atoms with van der Waals surface area (Å²) in [7, 11) is -1.46. The van der Waals surface area contributed by atoms with Gasteiger partial charge in [0.2, 0.25) is 0 Å². The third-order valence-electron chi connectivity index (χ3n) is 13.7. The maximum atomic E-state index is 7.76. The molecule has 58 heavy (non-hydrogen) atoms. The Kier molecular flexibility index (Phi) is 10.7. The van der Waals surface area contributed by atoms with Crippen molar-refractivity contribution < 1.29 is 8.39 Å². The fourth-order valence-corrected chi connectivity index (χ4v) is 11.5. The van der Waals surface area contributed by atoms with E-state index in [0.717, 1.165) is 43.4 Å². The molecule has 0 N–H and O–H groups in total. The van der Waals surface area contributed by atoms with Crippen LogP contribution >= 0.6 is 8.16 Å². The van der Waals surface area contributed by atoms with Crippen LogP contribution in [0, 0.1) is 0 Å². The molecule has 0 bridgehead atoms. The van der Waals surface area contributed by atoms with E-state index in [4.69, 9.17) is 8.39 Å². The molecular weight excluding hydrogens is 726 g/mol. The van der Waals surface area contributed by atoms with E-state index in [0.29, 0.717) is 6.04 Å². The number of fused-ring (bicyclic) bond motifs is 7. The summed E-state index contributed by atoms with van der Waals surface area (Å²) in [6.45, 7) is 31.7. The Morgan fingerprint density at radius 2 is 0.862 bits per heavy atom. The quantitative estimate of drug-likeness (QED) is 0.182. The molecule has 0 spiro atoms. The van der Waals surface area contributed by atoms with Crippen molar-refractivity contribution in [2.45, 2.75) is 188 Å². The Balaban J connectivity index is 1.60. The molecular formula is C54H72NO2P. The second-order valence-corrected chi connectivity index (χ2v) is 23.8. The second kappa shape index (κ2) is 15.0. The summed E-state index contributed by atoms with van der Waals surface area (Å²) in [5.41, 5.74) is 18.8. The Bertz CT molecular complexity index is 2200. The van der Waals surface area contributed by atoms with Crippen molar-refractivity contribution in [1.29, 1.82) is 0 Å². The van der Waals surface area contributed by atoms with Crippen molar-refractivity contribution in [2.24, 2.45) is 0 Å². The summed E-state index contributed by atoms with van der Waals surface area (Å²) in [5, 5.41) is 2.69. The molecule has 0 radical (unpaired) electrons. The van der Waals surface area contributed by atoms with Crippen LogP contribution < -0.4 is 4.67 Å². The topological polar surface area (TPSA) is 29.5 Å². The van der Waals surface area contributed by atoms with Gasteiger partial charge in [-0.2, -0.15) is 0 Å². The predicted octanol–water partition coefficient (Wildman–Crippen LogP) is 16.1. The molecule has 4 heteroatoms.